The normalized spacial score (nSPS) is 15.7. The molecule has 2 aromatic carbocycles. The number of carbonyl (C=O) groups excluding carboxylic acids is 1. The van der Waals surface area contributed by atoms with Crippen molar-refractivity contribution in [2.24, 2.45) is 4.99 Å². The van der Waals surface area contributed by atoms with Gasteiger partial charge in [0.2, 0.25) is 0 Å². The number of esters is 1. The molecule has 0 amide bonds. The molecule has 206 valence electrons. The van der Waals surface area contributed by atoms with Crippen LogP contribution in [0.4, 0.5) is 13.2 Å². The van der Waals surface area contributed by atoms with Crippen molar-refractivity contribution >= 4 is 35.1 Å². The lowest BCUT2D eigenvalue weighted by Gasteiger charge is -2.24. The van der Waals surface area contributed by atoms with Gasteiger partial charge in [-0.15, -0.1) is 11.8 Å². The van der Waals surface area contributed by atoms with E-state index in [0.29, 0.717) is 20.8 Å². The highest BCUT2D eigenvalue weighted by Gasteiger charge is 2.33. The Kier molecular flexibility index (Phi) is 7.61. The van der Waals surface area contributed by atoms with Crippen LogP contribution in [0.15, 0.2) is 91.0 Å². The predicted molar refractivity (Wildman–Crippen MR) is 148 cm³/mol. The molecule has 1 atom stereocenters. The van der Waals surface area contributed by atoms with Crippen molar-refractivity contribution in [2.75, 3.05) is 12.9 Å². The number of carbonyl (C=O) groups is 1. The van der Waals surface area contributed by atoms with Gasteiger partial charge in [-0.3, -0.25) is 9.36 Å². The predicted octanol–water partition coefficient (Wildman–Crippen LogP) is 5.80. The van der Waals surface area contributed by atoms with Crippen LogP contribution in [-0.4, -0.2) is 23.4 Å². The summed E-state index contributed by atoms with van der Waals surface area (Å²) in [6.45, 7) is 3.59. The lowest BCUT2D eigenvalue weighted by Crippen LogP contribution is -2.39. The van der Waals surface area contributed by atoms with Gasteiger partial charge in [-0.2, -0.15) is 13.2 Å². The van der Waals surface area contributed by atoms with Crippen LogP contribution in [0.1, 0.15) is 36.8 Å². The summed E-state index contributed by atoms with van der Waals surface area (Å²) < 4.78 is 52.4. The van der Waals surface area contributed by atoms with Crippen LogP contribution in [0.2, 0.25) is 0 Å². The third-order valence-corrected chi connectivity index (χ3v) is 8.05. The van der Waals surface area contributed by atoms with Crippen LogP contribution in [0.5, 0.6) is 0 Å². The van der Waals surface area contributed by atoms with Crippen LogP contribution >= 0.6 is 23.1 Å². The first-order valence-electron chi connectivity index (χ1n) is 12.2. The molecule has 0 aliphatic carbocycles. The summed E-state index contributed by atoms with van der Waals surface area (Å²) in [7, 11) is 0. The molecule has 0 saturated heterocycles. The van der Waals surface area contributed by atoms with E-state index in [1.165, 1.54) is 22.8 Å². The average Bonchev–Trinajstić information content (AvgIpc) is 3.52. The maximum absolute atomic E-state index is 13.7. The van der Waals surface area contributed by atoms with E-state index in [0.717, 1.165) is 33.9 Å². The summed E-state index contributed by atoms with van der Waals surface area (Å²) in [5, 5.41) is 0. The van der Waals surface area contributed by atoms with Gasteiger partial charge >= 0.3 is 12.1 Å². The Bertz CT molecular complexity index is 1800. The third kappa shape index (κ3) is 5.31. The quantitative estimate of drug-likeness (QED) is 0.212. The second kappa shape index (κ2) is 11.0. The Morgan fingerprint density at radius 3 is 2.60 bits per heavy atom. The number of halogens is 3. The van der Waals surface area contributed by atoms with Gasteiger partial charge in [0, 0.05) is 16.5 Å². The van der Waals surface area contributed by atoms with E-state index < -0.39 is 23.8 Å². The molecule has 0 saturated carbocycles. The molecule has 11 heteroatoms. The average molecular weight is 585 g/mol. The number of hydrogen-bond donors (Lipinski definition) is 0. The van der Waals surface area contributed by atoms with Gasteiger partial charge < -0.3 is 9.15 Å². The second-order valence-corrected chi connectivity index (χ2v) is 10.7. The van der Waals surface area contributed by atoms with Gasteiger partial charge in [-0.1, -0.05) is 35.6 Å². The van der Waals surface area contributed by atoms with Crippen molar-refractivity contribution in [2.45, 2.75) is 31.0 Å². The molecule has 0 N–H and O–H groups in total. The van der Waals surface area contributed by atoms with Crippen molar-refractivity contribution in [1.82, 2.24) is 4.57 Å². The molecule has 0 bridgehead atoms. The standard InChI is InChI=1S/C29H23F3N2O4S2/c1-4-37-27(36)24-16(2)33-28-34(25(24)17-8-11-21(39-3)12-9-17)26(35)23(40-28)15-20-10-13-22(38-20)18-6-5-7-19(14-18)29(30,31)32/h5-15,25H,4H2,1-3H3/b23-15-/t25-/m0/s1. The largest absolute Gasteiger partial charge is 0.463 e. The topological polar surface area (TPSA) is 73.8 Å². The van der Waals surface area contributed by atoms with E-state index in [4.69, 9.17) is 9.15 Å². The molecular weight excluding hydrogens is 561 g/mol. The maximum Gasteiger partial charge on any atom is 0.416 e. The van der Waals surface area contributed by atoms with Crippen molar-refractivity contribution in [3.63, 3.8) is 0 Å². The minimum atomic E-state index is -4.48. The summed E-state index contributed by atoms with van der Waals surface area (Å²) in [4.78, 5) is 32.7. The van der Waals surface area contributed by atoms with E-state index in [-0.39, 0.29) is 29.1 Å². The number of thioether (sulfide) groups is 1. The zero-order valence-electron chi connectivity index (χ0n) is 21.6. The second-order valence-electron chi connectivity index (χ2n) is 8.86. The van der Waals surface area contributed by atoms with Gasteiger partial charge in [0.1, 0.15) is 11.5 Å². The van der Waals surface area contributed by atoms with Crippen molar-refractivity contribution < 1.29 is 27.1 Å². The smallest absolute Gasteiger partial charge is 0.416 e. The van der Waals surface area contributed by atoms with Crippen LogP contribution in [0, 0.1) is 0 Å². The number of thiazole rings is 1. The van der Waals surface area contributed by atoms with E-state index in [1.54, 1.807) is 37.7 Å². The molecule has 0 spiro atoms. The Hall–Kier alpha value is -3.83. The Balaban J connectivity index is 1.60. The molecule has 4 aromatic rings. The van der Waals surface area contributed by atoms with Crippen LogP contribution < -0.4 is 14.9 Å². The van der Waals surface area contributed by atoms with E-state index >= 15 is 0 Å². The SMILES string of the molecule is CCOC(=O)C1=C(C)N=c2s/c(=C\c3ccc(-c4cccc(C(F)(F)F)c4)o3)c(=O)n2[C@H]1c1ccc(SC)cc1. The molecule has 6 nitrogen and oxygen atoms in total. The molecule has 0 unspecified atom stereocenters. The van der Waals surface area contributed by atoms with Crippen molar-refractivity contribution in [3.8, 4) is 11.3 Å². The van der Waals surface area contributed by atoms with Crippen LogP contribution in [0.3, 0.4) is 0 Å². The lowest BCUT2D eigenvalue weighted by molar-refractivity contribution is -0.139. The van der Waals surface area contributed by atoms with Gasteiger partial charge in [-0.25, -0.2) is 9.79 Å². The molecule has 1 aliphatic rings. The fourth-order valence-corrected chi connectivity index (χ4v) is 5.89. The monoisotopic (exact) mass is 584 g/mol. The van der Waals surface area contributed by atoms with Crippen LogP contribution in [0.25, 0.3) is 17.4 Å². The van der Waals surface area contributed by atoms with E-state index in [2.05, 4.69) is 4.99 Å². The first kappa shape index (κ1) is 27.7. The molecule has 2 aromatic heterocycles. The highest BCUT2D eigenvalue weighted by Crippen LogP contribution is 2.33. The van der Waals surface area contributed by atoms with Crippen molar-refractivity contribution in [3.05, 3.63) is 109 Å². The third-order valence-electron chi connectivity index (χ3n) is 6.32. The number of nitrogens with zero attached hydrogens (tertiary/aromatic N) is 2. The molecule has 0 fully saturated rings. The number of benzene rings is 2. The molecule has 3 heterocycles. The number of aromatic nitrogens is 1. The van der Waals surface area contributed by atoms with Crippen LogP contribution in [-0.2, 0) is 15.7 Å². The van der Waals surface area contributed by atoms with Crippen molar-refractivity contribution in [1.29, 1.82) is 0 Å². The lowest BCUT2D eigenvalue weighted by atomic mass is 9.96. The fraction of sp³-hybridized carbons (Fsp3) is 0.207. The number of rotatable bonds is 6. The highest BCUT2D eigenvalue weighted by atomic mass is 32.2. The van der Waals surface area contributed by atoms with Gasteiger partial charge in [-0.05, 0) is 62.1 Å². The number of ether oxygens (including phenoxy) is 1. The Morgan fingerprint density at radius 1 is 1.18 bits per heavy atom. The number of hydrogen-bond acceptors (Lipinski definition) is 7. The highest BCUT2D eigenvalue weighted by molar-refractivity contribution is 7.98. The molecule has 5 rings (SSSR count). The van der Waals surface area contributed by atoms with Gasteiger partial charge in [0.25, 0.3) is 5.56 Å². The summed E-state index contributed by atoms with van der Waals surface area (Å²) in [6.07, 6.45) is -0.996. The first-order valence-corrected chi connectivity index (χ1v) is 14.3. The van der Waals surface area contributed by atoms with E-state index in [9.17, 15) is 22.8 Å². The number of furan rings is 1. The fourth-order valence-electron chi connectivity index (χ4n) is 4.46. The first-order chi connectivity index (χ1) is 19.1. The molecule has 1 aliphatic heterocycles. The molecular formula is C29H23F3N2O4S2. The zero-order valence-corrected chi connectivity index (χ0v) is 23.2. The number of allylic oxidation sites excluding steroid dienone is 1. The number of alkyl halides is 3. The van der Waals surface area contributed by atoms with Gasteiger partial charge in [0.05, 0.1) is 34.0 Å². The molecule has 40 heavy (non-hydrogen) atoms. The van der Waals surface area contributed by atoms with E-state index in [1.807, 2.05) is 30.5 Å². The summed E-state index contributed by atoms with van der Waals surface area (Å²) in [5.41, 5.74) is 0.563. The minimum Gasteiger partial charge on any atom is -0.463 e. The summed E-state index contributed by atoms with van der Waals surface area (Å²) in [6, 6.07) is 14.8. The minimum absolute atomic E-state index is 0.171. The maximum atomic E-state index is 13.7. The summed E-state index contributed by atoms with van der Waals surface area (Å²) in [5.74, 6) is -0.0223. The zero-order chi connectivity index (χ0) is 28.6. The Labute approximate surface area is 235 Å². The van der Waals surface area contributed by atoms with Gasteiger partial charge in [0.15, 0.2) is 4.80 Å². The summed E-state index contributed by atoms with van der Waals surface area (Å²) >= 11 is 2.71. The molecule has 0 radical (unpaired) electrons. The Morgan fingerprint density at radius 2 is 1.93 bits per heavy atom. The number of fused-ring (bicyclic) bond motifs is 1.